The Morgan fingerprint density at radius 3 is 2.62 bits per heavy atom. The Kier molecular flexibility index (Phi) is 5.96. The molecule has 1 aromatic carbocycles. The monoisotopic (exact) mass is 329 g/mol. The molecule has 4 heteroatoms. The molecule has 0 heterocycles. The molecular formula is C17H25Cl2NO. The molecule has 21 heavy (non-hydrogen) atoms. The number of benzene rings is 1. The molecule has 0 aromatic heterocycles. The van der Waals surface area contributed by atoms with Crippen molar-refractivity contribution in [2.45, 2.75) is 57.6 Å². The summed E-state index contributed by atoms with van der Waals surface area (Å²) in [5.74, 6) is 0.782. The number of aliphatic hydroxyl groups is 1. The predicted molar refractivity (Wildman–Crippen MR) is 90.1 cm³/mol. The van der Waals surface area contributed by atoms with Gasteiger partial charge < -0.3 is 10.4 Å². The van der Waals surface area contributed by atoms with Crippen LogP contribution in [0.15, 0.2) is 18.2 Å². The second kappa shape index (κ2) is 7.32. The molecule has 1 aliphatic rings. The van der Waals surface area contributed by atoms with Crippen molar-refractivity contribution in [3.8, 4) is 0 Å². The zero-order valence-electron chi connectivity index (χ0n) is 12.8. The van der Waals surface area contributed by atoms with Crippen LogP contribution >= 0.6 is 23.2 Å². The average molecular weight is 330 g/mol. The Morgan fingerprint density at radius 2 is 2.00 bits per heavy atom. The topological polar surface area (TPSA) is 32.3 Å². The van der Waals surface area contributed by atoms with Crippen LogP contribution in [0.2, 0.25) is 10.0 Å². The average Bonchev–Trinajstić information content (AvgIpc) is 2.49. The molecule has 0 spiro atoms. The molecule has 1 aromatic rings. The molecule has 118 valence electrons. The zero-order chi connectivity index (χ0) is 15.5. The Morgan fingerprint density at radius 1 is 1.33 bits per heavy atom. The first kappa shape index (κ1) is 17.1. The standard InChI is InChI=1S/C17H25Cl2NO/c1-3-13-7-9-17(21,10-8-13)11-20-12(2)14-5-4-6-15(18)16(14)19/h4-6,12-13,20-21H,3,7-11H2,1-2H3. The van der Waals surface area contributed by atoms with Gasteiger partial charge in [-0.3, -0.25) is 0 Å². The molecule has 2 nitrogen and oxygen atoms in total. The highest BCUT2D eigenvalue weighted by Gasteiger charge is 2.32. The fourth-order valence-electron chi connectivity index (χ4n) is 3.11. The van der Waals surface area contributed by atoms with Gasteiger partial charge in [0.05, 0.1) is 15.6 Å². The molecule has 0 saturated heterocycles. The van der Waals surface area contributed by atoms with Crippen molar-refractivity contribution in [3.05, 3.63) is 33.8 Å². The third-order valence-electron chi connectivity index (χ3n) is 4.80. The minimum absolute atomic E-state index is 0.0733. The van der Waals surface area contributed by atoms with Crippen LogP contribution in [0, 0.1) is 5.92 Å². The van der Waals surface area contributed by atoms with Crippen molar-refractivity contribution in [3.63, 3.8) is 0 Å². The van der Waals surface area contributed by atoms with Crippen molar-refractivity contribution < 1.29 is 5.11 Å². The lowest BCUT2D eigenvalue weighted by Crippen LogP contribution is -2.44. The summed E-state index contributed by atoms with van der Waals surface area (Å²) in [6, 6.07) is 5.75. The van der Waals surface area contributed by atoms with Crippen molar-refractivity contribution in [1.29, 1.82) is 0 Å². The maximum absolute atomic E-state index is 10.7. The lowest BCUT2D eigenvalue weighted by Gasteiger charge is -2.36. The van der Waals surface area contributed by atoms with Crippen molar-refractivity contribution in [1.82, 2.24) is 5.32 Å². The van der Waals surface area contributed by atoms with E-state index in [0.717, 1.165) is 37.2 Å². The van der Waals surface area contributed by atoms with Crippen LogP contribution in [-0.4, -0.2) is 17.3 Å². The summed E-state index contributed by atoms with van der Waals surface area (Å²) < 4.78 is 0. The quantitative estimate of drug-likeness (QED) is 0.798. The van der Waals surface area contributed by atoms with Crippen LogP contribution in [0.3, 0.4) is 0 Å². The van der Waals surface area contributed by atoms with E-state index in [9.17, 15) is 5.11 Å². The van der Waals surface area contributed by atoms with Gasteiger partial charge in [-0.25, -0.2) is 0 Å². The summed E-state index contributed by atoms with van der Waals surface area (Å²) >= 11 is 12.3. The SMILES string of the molecule is CCC1CCC(O)(CNC(C)c2cccc(Cl)c2Cl)CC1. The lowest BCUT2D eigenvalue weighted by atomic mass is 9.77. The molecule has 1 atom stereocenters. The molecular weight excluding hydrogens is 305 g/mol. The van der Waals surface area contributed by atoms with Gasteiger partial charge in [0.2, 0.25) is 0 Å². The van der Waals surface area contributed by atoms with E-state index in [-0.39, 0.29) is 6.04 Å². The lowest BCUT2D eigenvalue weighted by molar-refractivity contribution is -0.0103. The van der Waals surface area contributed by atoms with E-state index in [1.165, 1.54) is 6.42 Å². The first-order chi connectivity index (χ1) is 9.95. The molecule has 2 N–H and O–H groups in total. The number of nitrogens with one attached hydrogen (secondary N) is 1. The summed E-state index contributed by atoms with van der Waals surface area (Å²) in [5, 5.41) is 15.3. The third kappa shape index (κ3) is 4.35. The smallest absolute Gasteiger partial charge is 0.0772 e. The van der Waals surface area contributed by atoms with E-state index in [1.54, 1.807) is 6.07 Å². The second-order valence-electron chi connectivity index (χ2n) is 6.32. The van der Waals surface area contributed by atoms with Gasteiger partial charge in [-0.1, -0.05) is 48.7 Å². The van der Waals surface area contributed by atoms with Gasteiger partial charge in [-0.15, -0.1) is 0 Å². The van der Waals surface area contributed by atoms with Crippen molar-refractivity contribution >= 4 is 23.2 Å². The van der Waals surface area contributed by atoms with Crippen LogP contribution in [-0.2, 0) is 0 Å². The number of hydrogen-bond acceptors (Lipinski definition) is 2. The van der Waals surface area contributed by atoms with Gasteiger partial charge in [-0.05, 0) is 50.2 Å². The molecule has 0 radical (unpaired) electrons. The van der Waals surface area contributed by atoms with E-state index in [2.05, 4.69) is 19.2 Å². The van der Waals surface area contributed by atoms with E-state index in [4.69, 9.17) is 23.2 Å². The van der Waals surface area contributed by atoms with E-state index in [1.807, 2.05) is 12.1 Å². The summed E-state index contributed by atoms with van der Waals surface area (Å²) in [4.78, 5) is 0. The molecule has 1 fully saturated rings. The Bertz CT molecular complexity index is 470. The molecule has 0 amide bonds. The van der Waals surface area contributed by atoms with Crippen LogP contribution in [0.5, 0.6) is 0 Å². The van der Waals surface area contributed by atoms with Gasteiger partial charge in [0.1, 0.15) is 0 Å². The van der Waals surface area contributed by atoms with Gasteiger partial charge in [0.25, 0.3) is 0 Å². The number of hydrogen-bond donors (Lipinski definition) is 2. The molecule has 0 bridgehead atoms. The fraction of sp³-hybridized carbons (Fsp3) is 0.647. The predicted octanol–water partition coefficient (Wildman–Crippen LogP) is 4.98. The van der Waals surface area contributed by atoms with Gasteiger partial charge in [0.15, 0.2) is 0 Å². The normalized spacial score (nSPS) is 27.6. The molecule has 1 aliphatic carbocycles. The van der Waals surface area contributed by atoms with Crippen LogP contribution in [0.25, 0.3) is 0 Å². The Balaban J connectivity index is 1.92. The first-order valence-corrected chi connectivity index (χ1v) is 8.60. The highest BCUT2D eigenvalue weighted by atomic mass is 35.5. The molecule has 1 saturated carbocycles. The first-order valence-electron chi connectivity index (χ1n) is 7.85. The maximum Gasteiger partial charge on any atom is 0.0772 e. The minimum atomic E-state index is -0.578. The van der Waals surface area contributed by atoms with E-state index < -0.39 is 5.60 Å². The summed E-state index contributed by atoms with van der Waals surface area (Å²) in [5.41, 5.74) is 0.403. The maximum atomic E-state index is 10.7. The molecule has 1 unspecified atom stereocenters. The molecule has 0 aliphatic heterocycles. The van der Waals surface area contributed by atoms with Gasteiger partial charge in [-0.2, -0.15) is 0 Å². The third-order valence-corrected chi connectivity index (χ3v) is 5.63. The van der Waals surface area contributed by atoms with Gasteiger partial charge >= 0.3 is 0 Å². The largest absolute Gasteiger partial charge is 0.389 e. The zero-order valence-corrected chi connectivity index (χ0v) is 14.3. The molecule has 2 rings (SSSR count). The Hall–Kier alpha value is -0.280. The second-order valence-corrected chi connectivity index (χ2v) is 7.11. The summed E-state index contributed by atoms with van der Waals surface area (Å²) in [6.45, 7) is 4.89. The fourth-order valence-corrected chi connectivity index (χ4v) is 3.58. The van der Waals surface area contributed by atoms with E-state index >= 15 is 0 Å². The highest BCUT2D eigenvalue weighted by molar-refractivity contribution is 6.42. The van der Waals surface area contributed by atoms with Crippen LogP contribution < -0.4 is 5.32 Å². The van der Waals surface area contributed by atoms with Crippen LogP contribution in [0.1, 0.15) is 57.6 Å². The van der Waals surface area contributed by atoms with Gasteiger partial charge in [0, 0.05) is 12.6 Å². The van der Waals surface area contributed by atoms with Crippen molar-refractivity contribution in [2.24, 2.45) is 5.92 Å². The van der Waals surface area contributed by atoms with Crippen molar-refractivity contribution in [2.75, 3.05) is 6.54 Å². The number of halogens is 2. The minimum Gasteiger partial charge on any atom is -0.389 e. The van der Waals surface area contributed by atoms with Crippen LogP contribution in [0.4, 0.5) is 0 Å². The highest BCUT2D eigenvalue weighted by Crippen LogP contribution is 2.34. The number of rotatable bonds is 5. The summed E-state index contributed by atoms with van der Waals surface area (Å²) in [7, 11) is 0. The Labute approximate surface area is 137 Å². The van der Waals surface area contributed by atoms with E-state index in [0.29, 0.717) is 16.6 Å². The summed E-state index contributed by atoms with van der Waals surface area (Å²) in [6.07, 6.45) is 5.24.